The molecule has 2 atom stereocenters. The van der Waals surface area contributed by atoms with Crippen molar-refractivity contribution in [3.05, 3.63) is 30.3 Å². The second-order valence-electron chi connectivity index (χ2n) is 4.70. The van der Waals surface area contributed by atoms with Crippen molar-refractivity contribution in [2.24, 2.45) is 15.9 Å². The molecule has 6 heteroatoms. The van der Waals surface area contributed by atoms with Gasteiger partial charge < -0.3 is 4.42 Å². The first-order chi connectivity index (χ1) is 9.92. The molecule has 0 fully saturated rings. The Hall–Kier alpha value is -1.69. The maximum atomic E-state index is 5.74. The van der Waals surface area contributed by atoms with Crippen molar-refractivity contribution in [2.45, 2.75) is 24.0 Å². The SMILES string of the molecule is C1=CC(c2nnc(SCC3C=CN=CC3)o2)CC=NC1. The predicted molar refractivity (Wildman–Crippen MR) is 80.6 cm³/mol. The largest absolute Gasteiger partial charge is 0.415 e. The standard InChI is InChI=1S/C14H16N4OS/c1-2-12(5-9-15-6-1)13-17-18-14(19-13)20-10-11-3-7-16-8-4-11/h1-3,7-9,11-12H,4-6,10H2. The van der Waals surface area contributed by atoms with E-state index >= 15 is 0 Å². The fourth-order valence-corrected chi connectivity index (χ4v) is 2.89. The summed E-state index contributed by atoms with van der Waals surface area (Å²) in [5, 5.41) is 8.91. The van der Waals surface area contributed by atoms with Gasteiger partial charge in [0.05, 0.1) is 12.5 Å². The van der Waals surface area contributed by atoms with Crippen LogP contribution in [0.3, 0.4) is 0 Å². The Labute approximate surface area is 122 Å². The van der Waals surface area contributed by atoms with Crippen LogP contribution in [0.5, 0.6) is 0 Å². The van der Waals surface area contributed by atoms with Gasteiger partial charge in [0.15, 0.2) is 0 Å². The van der Waals surface area contributed by atoms with E-state index < -0.39 is 0 Å². The molecule has 0 spiro atoms. The molecule has 0 aliphatic carbocycles. The number of aliphatic imine (C=N–C) groups is 2. The van der Waals surface area contributed by atoms with Crippen LogP contribution in [0.2, 0.25) is 0 Å². The average Bonchev–Trinajstić information content (AvgIpc) is 2.80. The first-order valence-electron chi connectivity index (χ1n) is 6.71. The normalized spacial score (nSPS) is 25.0. The average molecular weight is 288 g/mol. The lowest BCUT2D eigenvalue weighted by atomic mass is 10.1. The molecule has 0 saturated carbocycles. The summed E-state index contributed by atoms with van der Waals surface area (Å²) < 4.78 is 5.74. The Morgan fingerprint density at radius 2 is 2.20 bits per heavy atom. The molecule has 20 heavy (non-hydrogen) atoms. The Morgan fingerprint density at radius 1 is 1.20 bits per heavy atom. The minimum Gasteiger partial charge on any atom is -0.415 e. The van der Waals surface area contributed by atoms with Crippen LogP contribution in [0.25, 0.3) is 0 Å². The molecule has 1 aromatic heterocycles. The zero-order valence-electron chi connectivity index (χ0n) is 11.1. The number of nitrogens with zero attached hydrogens (tertiary/aromatic N) is 4. The van der Waals surface area contributed by atoms with Gasteiger partial charge in [-0.05, 0) is 18.8 Å². The minimum atomic E-state index is 0.157. The smallest absolute Gasteiger partial charge is 0.276 e. The highest BCUT2D eigenvalue weighted by molar-refractivity contribution is 7.99. The number of allylic oxidation sites excluding steroid dienone is 2. The van der Waals surface area contributed by atoms with E-state index in [-0.39, 0.29) is 5.92 Å². The summed E-state index contributed by atoms with van der Waals surface area (Å²) in [4.78, 5) is 8.29. The van der Waals surface area contributed by atoms with Crippen LogP contribution in [0.15, 0.2) is 44.1 Å². The molecule has 0 bridgehead atoms. The number of hydrogen-bond acceptors (Lipinski definition) is 6. The minimum absolute atomic E-state index is 0.157. The van der Waals surface area contributed by atoms with E-state index in [2.05, 4.69) is 32.3 Å². The zero-order chi connectivity index (χ0) is 13.6. The molecular weight excluding hydrogens is 272 g/mol. The number of hydrogen-bond donors (Lipinski definition) is 0. The van der Waals surface area contributed by atoms with Gasteiger partial charge in [0.2, 0.25) is 5.89 Å². The highest BCUT2D eigenvalue weighted by Gasteiger charge is 2.17. The van der Waals surface area contributed by atoms with Crippen LogP contribution in [-0.2, 0) is 0 Å². The van der Waals surface area contributed by atoms with Crippen molar-refractivity contribution in [1.82, 2.24) is 10.2 Å². The zero-order valence-corrected chi connectivity index (χ0v) is 11.9. The lowest BCUT2D eigenvalue weighted by Gasteiger charge is -2.09. The molecule has 0 aromatic carbocycles. The quantitative estimate of drug-likeness (QED) is 0.631. The number of rotatable bonds is 4. The summed E-state index contributed by atoms with van der Waals surface area (Å²) in [5.41, 5.74) is 0. The van der Waals surface area contributed by atoms with E-state index in [0.29, 0.717) is 17.0 Å². The molecule has 5 nitrogen and oxygen atoms in total. The van der Waals surface area contributed by atoms with Gasteiger partial charge in [0.1, 0.15) is 0 Å². The van der Waals surface area contributed by atoms with Crippen molar-refractivity contribution in [2.75, 3.05) is 12.3 Å². The molecule has 104 valence electrons. The van der Waals surface area contributed by atoms with Crippen molar-refractivity contribution in [3.63, 3.8) is 0 Å². The van der Waals surface area contributed by atoms with E-state index in [1.165, 1.54) is 0 Å². The van der Waals surface area contributed by atoms with Crippen LogP contribution in [0, 0.1) is 5.92 Å². The third-order valence-electron chi connectivity index (χ3n) is 3.19. The molecule has 3 heterocycles. The molecule has 2 aliphatic heterocycles. The number of thioether (sulfide) groups is 1. The van der Waals surface area contributed by atoms with Gasteiger partial charge in [0, 0.05) is 24.4 Å². The summed E-state index contributed by atoms with van der Waals surface area (Å²) in [7, 11) is 0. The van der Waals surface area contributed by atoms with Gasteiger partial charge in [-0.25, -0.2) is 0 Å². The van der Waals surface area contributed by atoms with Gasteiger partial charge in [-0.3, -0.25) is 9.98 Å². The van der Waals surface area contributed by atoms with Gasteiger partial charge in [-0.1, -0.05) is 30.0 Å². The van der Waals surface area contributed by atoms with Crippen LogP contribution in [0.1, 0.15) is 24.7 Å². The first-order valence-corrected chi connectivity index (χ1v) is 7.70. The lowest BCUT2D eigenvalue weighted by Crippen LogP contribution is -2.03. The van der Waals surface area contributed by atoms with E-state index in [9.17, 15) is 0 Å². The van der Waals surface area contributed by atoms with Gasteiger partial charge in [-0.15, -0.1) is 10.2 Å². The number of aromatic nitrogens is 2. The molecule has 3 rings (SSSR count). The van der Waals surface area contributed by atoms with E-state index in [1.54, 1.807) is 11.8 Å². The summed E-state index contributed by atoms with van der Waals surface area (Å²) in [5.74, 6) is 2.27. The molecule has 0 radical (unpaired) electrons. The van der Waals surface area contributed by atoms with E-state index in [4.69, 9.17) is 4.42 Å². The van der Waals surface area contributed by atoms with Crippen LogP contribution >= 0.6 is 11.8 Å². The maximum absolute atomic E-state index is 5.74. The van der Waals surface area contributed by atoms with Crippen LogP contribution < -0.4 is 0 Å². The van der Waals surface area contributed by atoms with Crippen molar-refractivity contribution < 1.29 is 4.42 Å². The fourth-order valence-electron chi connectivity index (χ4n) is 2.05. The summed E-state index contributed by atoms with van der Waals surface area (Å²) in [6.45, 7) is 0.738. The second kappa shape index (κ2) is 6.65. The Kier molecular flexibility index (Phi) is 4.42. The van der Waals surface area contributed by atoms with Crippen molar-refractivity contribution >= 4 is 24.2 Å². The topological polar surface area (TPSA) is 63.6 Å². The Morgan fingerprint density at radius 3 is 3.10 bits per heavy atom. The van der Waals surface area contributed by atoms with Crippen LogP contribution in [-0.4, -0.2) is 34.9 Å². The third-order valence-corrected chi connectivity index (χ3v) is 4.19. The molecule has 0 N–H and O–H groups in total. The van der Waals surface area contributed by atoms with Crippen molar-refractivity contribution in [3.8, 4) is 0 Å². The third kappa shape index (κ3) is 3.45. The van der Waals surface area contributed by atoms with Crippen molar-refractivity contribution in [1.29, 1.82) is 0 Å². The summed E-state index contributed by atoms with van der Waals surface area (Å²) in [6.07, 6.45) is 13.8. The van der Waals surface area contributed by atoms with Gasteiger partial charge in [-0.2, -0.15) is 0 Å². The summed E-state index contributed by atoms with van der Waals surface area (Å²) >= 11 is 1.61. The van der Waals surface area contributed by atoms with E-state index in [1.807, 2.05) is 24.7 Å². The van der Waals surface area contributed by atoms with Crippen LogP contribution in [0.4, 0.5) is 0 Å². The second-order valence-corrected chi connectivity index (χ2v) is 5.68. The molecule has 0 saturated heterocycles. The maximum Gasteiger partial charge on any atom is 0.276 e. The molecule has 1 aromatic rings. The van der Waals surface area contributed by atoms with Gasteiger partial charge >= 0.3 is 0 Å². The highest BCUT2D eigenvalue weighted by Crippen LogP contribution is 2.26. The molecule has 2 aliphatic rings. The van der Waals surface area contributed by atoms with Gasteiger partial charge in [0.25, 0.3) is 5.22 Å². The molecular formula is C14H16N4OS. The fraction of sp³-hybridized carbons (Fsp3) is 0.429. The summed E-state index contributed by atoms with van der Waals surface area (Å²) in [6, 6.07) is 0. The van der Waals surface area contributed by atoms with E-state index in [0.717, 1.165) is 25.1 Å². The molecule has 0 amide bonds. The lowest BCUT2D eigenvalue weighted by molar-refractivity contribution is 0.403. The highest BCUT2D eigenvalue weighted by atomic mass is 32.2. The Bertz CT molecular complexity index is 561. The monoisotopic (exact) mass is 288 g/mol. The predicted octanol–water partition coefficient (Wildman–Crippen LogP) is 2.88. The first kappa shape index (κ1) is 13.3. The molecule has 2 unspecified atom stereocenters. The Balaban J connectivity index is 1.57.